The molecular formula is C23H23Cl2FN2O3. The second kappa shape index (κ2) is 7.47. The van der Waals surface area contributed by atoms with E-state index in [2.05, 4.69) is 10.6 Å². The number of amides is 1. The minimum atomic E-state index is -1.27. The first-order valence-electron chi connectivity index (χ1n) is 10.00. The number of rotatable bonds is 3. The van der Waals surface area contributed by atoms with Gasteiger partial charge in [0, 0.05) is 27.7 Å². The molecule has 1 unspecified atom stereocenters. The first kappa shape index (κ1) is 22.1. The molecule has 4 atom stereocenters. The fraction of sp³-hybridized carbons (Fsp3) is 0.391. The topological polar surface area (TPSA) is 78.4 Å². The van der Waals surface area contributed by atoms with E-state index < -0.39 is 35.2 Å². The van der Waals surface area contributed by atoms with Crippen LogP contribution in [-0.4, -0.2) is 29.1 Å². The normalized spacial score (nSPS) is 27.4. The Morgan fingerprint density at radius 1 is 1.16 bits per heavy atom. The summed E-state index contributed by atoms with van der Waals surface area (Å²) in [7, 11) is 0. The highest BCUT2D eigenvalue weighted by Crippen LogP contribution is 2.56. The van der Waals surface area contributed by atoms with E-state index in [0.29, 0.717) is 28.3 Å². The number of aliphatic carboxylic acids is 1. The molecule has 8 heteroatoms. The SMILES string of the molecule is CC(C)(C)C[C@@H]1N[C@@H](C(=O)O)[C@H](c2cc(F)cc(Cl)c2)C12C(=O)Nc1cc(Cl)ccc12. The molecule has 3 N–H and O–H groups in total. The van der Waals surface area contributed by atoms with Crippen molar-refractivity contribution in [2.24, 2.45) is 5.41 Å². The third kappa shape index (κ3) is 3.60. The van der Waals surface area contributed by atoms with E-state index in [-0.39, 0.29) is 16.3 Å². The molecule has 2 heterocycles. The summed E-state index contributed by atoms with van der Waals surface area (Å²) >= 11 is 12.3. The summed E-state index contributed by atoms with van der Waals surface area (Å²) in [6.07, 6.45) is 0.520. The highest BCUT2D eigenvalue weighted by molar-refractivity contribution is 6.31. The Morgan fingerprint density at radius 3 is 2.48 bits per heavy atom. The van der Waals surface area contributed by atoms with Gasteiger partial charge in [0.25, 0.3) is 0 Å². The minimum absolute atomic E-state index is 0.142. The largest absolute Gasteiger partial charge is 0.480 e. The van der Waals surface area contributed by atoms with E-state index >= 15 is 0 Å². The number of nitrogens with one attached hydrogen (secondary N) is 2. The highest BCUT2D eigenvalue weighted by Gasteiger charge is 2.65. The lowest BCUT2D eigenvalue weighted by molar-refractivity contribution is -0.139. The maximum atomic E-state index is 14.3. The predicted molar refractivity (Wildman–Crippen MR) is 118 cm³/mol. The lowest BCUT2D eigenvalue weighted by Gasteiger charge is -2.37. The zero-order valence-electron chi connectivity index (χ0n) is 17.3. The first-order chi connectivity index (χ1) is 14.4. The van der Waals surface area contributed by atoms with Crippen LogP contribution in [0.1, 0.15) is 44.2 Å². The van der Waals surface area contributed by atoms with E-state index in [0.717, 1.165) is 6.07 Å². The average Bonchev–Trinajstić information content (AvgIpc) is 3.09. The van der Waals surface area contributed by atoms with E-state index in [9.17, 15) is 19.1 Å². The number of benzene rings is 2. The molecule has 1 saturated heterocycles. The number of carbonyl (C=O) groups excluding carboxylic acids is 1. The molecule has 4 rings (SSSR count). The summed E-state index contributed by atoms with van der Waals surface area (Å²) in [4.78, 5) is 26.0. The molecule has 1 spiro atoms. The molecule has 2 aliphatic heterocycles. The average molecular weight is 465 g/mol. The summed E-state index contributed by atoms with van der Waals surface area (Å²) < 4.78 is 14.3. The summed E-state index contributed by atoms with van der Waals surface area (Å²) in [6.45, 7) is 6.08. The Balaban J connectivity index is 2.02. The molecule has 31 heavy (non-hydrogen) atoms. The number of hydrogen-bond donors (Lipinski definition) is 3. The van der Waals surface area contributed by atoms with Crippen LogP contribution in [0.25, 0.3) is 0 Å². The Bertz CT molecular complexity index is 1060. The number of carbonyl (C=O) groups is 2. The van der Waals surface area contributed by atoms with E-state index in [1.807, 2.05) is 20.8 Å². The number of halogens is 3. The monoisotopic (exact) mass is 464 g/mol. The van der Waals surface area contributed by atoms with Gasteiger partial charge < -0.3 is 10.4 Å². The summed E-state index contributed by atoms with van der Waals surface area (Å²) in [5.74, 6) is -2.92. The summed E-state index contributed by atoms with van der Waals surface area (Å²) in [6, 6.07) is 7.42. The van der Waals surface area contributed by atoms with Crippen LogP contribution in [0, 0.1) is 11.2 Å². The molecule has 0 saturated carbocycles. The van der Waals surface area contributed by atoms with E-state index in [4.69, 9.17) is 23.2 Å². The van der Waals surface area contributed by atoms with E-state index in [1.54, 1.807) is 18.2 Å². The standard InChI is InChI=1S/C23H23Cl2FN2O3/c1-22(2,3)10-17-23(15-5-4-12(24)9-16(15)27-21(23)31)18(19(28-17)20(29)30)11-6-13(25)8-14(26)7-11/h4-9,17-19,28H,10H2,1-3H3,(H,27,31)(H,29,30)/t17-,18-,19+,23?/m0/s1. The number of carboxylic acids is 1. The van der Waals surface area contributed by atoms with Gasteiger partial charge in [-0.1, -0.05) is 50.0 Å². The quantitative estimate of drug-likeness (QED) is 0.599. The molecule has 2 aliphatic rings. The van der Waals surface area contributed by atoms with Crippen molar-refractivity contribution in [1.82, 2.24) is 5.32 Å². The van der Waals surface area contributed by atoms with Gasteiger partial charge in [0.2, 0.25) is 5.91 Å². The molecular weight excluding hydrogens is 442 g/mol. The second-order valence-electron chi connectivity index (χ2n) is 9.49. The Kier molecular flexibility index (Phi) is 5.31. The number of anilines is 1. The van der Waals surface area contributed by atoms with Crippen molar-refractivity contribution in [1.29, 1.82) is 0 Å². The van der Waals surface area contributed by atoms with Crippen LogP contribution < -0.4 is 10.6 Å². The lowest BCUT2D eigenvalue weighted by Crippen LogP contribution is -2.49. The zero-order valence-corrected chi connectivity index (χ0v) is 18.8. The van der Waals surface area contributed by atoms with Gasteiger partial charge in [-0.2, -0.15) is 0 Å². The van der Waals surface area contributed by atoms with Crippen molar-refractivity contribution in [2.75, 3.05) is 5.32 Å². The minimum Gasteiger partial charge on any atom is -0.480 e. The maximum absolute atomic E-state index is 14.3. The predicted octanol–water partition coefficient (Wildman–Crippen LogP) is 4.97. The van der Waals surface area contributed by atoms with Gasteiger partial charge in [-0.15, -0.1) is 0 Å². The lowest BCUT2D eigenvalue weighted by atomic mass is 9.62. The molecule has 1 amide bonds. The van der Waals surface area contributed by atoms with Crippen LogP contribution in [0.3, 0.4) is 0 Å². The van der Waals surface area contributed by atoms with Gasteiger partial charge in [0.15, 0.2) is 0 Å². The van der Waals surface area contributed by atoms with Crippen molar-refractivity contribution in [3.8, 4) is 0 Å². The molecule has 2 aromatic rings. The van der Waals surface area contributed by atoms with Gasteiger partial charge >= 0.3 is 5.97 Å². The van der Waals surface area contributed by atoms with Crippen LogP contribution in [-0.2, 0) is 15.0 Å². The Labute approximate surface area is 189 Å². The number of hydrogen-bond acceptors (Lipinski definition) is 3. The van der Waals surface area contributed by atoms with Gasteiger partial charge in [0.05, 0.1) is 0 Å². The molecule has 0 aliphatic carbocycles. The Hall–Kier alpha value is -2.15. The fourth-order valence-corrected chi connectivity index (χ4v) is 5.57. The van der Waals surface area contributed by atoms with Crippen molar-refractivity contribution < 1.29 is 19.1 Å². The van der Waals surface area contributed by atoms with Crippen molar-refractivity contribution in [2.45, 2.75) is 50.6 Å². The number of carboxylic acid groups (broad SMARTS) is 1. The molecule has 5 nitrogen and oxygen atoms in total. The van der Waals surface area contributed by atoms with Gasteiger partial charge in [-0.05, 0) is 53.3 Å². The van der Waals surface area contributed by atoms with E-state index in [1.165, 1.54) is 12.1 Å². The Morgan fingerprint density at radius 2 is 1.87 bits per heavy atom. The molecule has 0 aromatic heterocycles. The van der Waals surface area contributed by atoms with Gasteiger partial charge in [-0.25, -0.2) is 4.39 Å². The van der Waals surface area contributed by atoms with Gasteiger partial charge in [0.1, 0.15) is 17.3 Å². The fourth-order valence-electron chi connectivity index (χ4n) is 5.16. The van der Waals surface area contributed by atoms with Gasteiger partial charge in [-0.3, -0.25) is 14.9 Å². The van der Waals surface area contributed by atoms with Crippen LogP contribution in [0.4, 0.5) is 10.1 Å². The van der Waals surface area contributed by atoms with Crippen LogP contribution in [0.2, 0.25) is 10.0 Å². The van der Waals surface area contributed by atoms with Crippen LogP contribution in [0.5, 0.6) is 0 Å². The molecule has 0 bridgehead atoms. The first-order valence-corrected chi connectivity index (χ1v) is 10.8. The summed E-state index contributed by atoms with van der Waals surface area (Å²) in [5, 5.41) is 16.8. The van der Waals surface area contributed by atoms with Crippen molar-refractivity contribution >= 4 is 40.8 Å². The van der Waals surface area contributed by atoms with Crippen LogP contribution >= 0.6 is 23.2 Å². The second-order valence-corrected chi connectivity index (χ2v) is 10.4. The number of fused-ring (bicyclic) bond motifs is 2. The molecule has 164 valence electrons. The third-order valence-corrected chi connectivity index (χ3v) is 6.59. The van der Waals surface area contributed by atoms with Crippen molar-refractivity contribution in [3.63, 3.8) is 0 Å². The molecule has 2 aromatic carbocycles. The molecule has 0 radical (unpaired) electrons. The smallest absolute Gasteiger partial charge is 0.321 e. The zero-order chi connectivity index (χ0) is 22.7. The maximum Gasteiger partial charge on any atom is 0.321 e. The molecule has 1 fully saturated rings. The summed E-state index contributed by atoms with van der Waals surface area (Å²) in [5.41, 5.74) is 0.0687. The highest BCUT2D eigenvalue weighted by atomic mass is 35.5. The third-order valence-electron chi connectivity index (χ3n) is 6.13. The van der Waals surface area contributed by atoms with Crippen molar-refractivity contribution in [3.05, 3.63) is 63.4 Å². The van der Waals surface area contributed by atoms with Crippen LogP contribution in [0.15, 0.2) is 36.4 Å².